The first-order valence-electron chi connectivity index (χ1n) is 5.08. The van der Waals surface area contributed by atoms with E-state index in [9.17, 15) is 28.4 Å². The van der Waals surface area contributed by atoms with Gasteiger partial charge in [0.05, 0.1) is 4.92 Å². The highest BCUT2D eigenvalue weighted by atomic mass is 19.3. The van der Waals surface area contributed by atoms with E-state index in [1.807, 2.05) is 0 Å². The number of aromatic hydroxyl groups is 1. The third-order valence-corrected chi connectivity index (χ3v) is 2.12. The number of rotatable bonds is 5. The molecule has 1 aromatic rings. The van der Waals surface area contributed by atoms with Gasteiger partial charge in [0.15, 0.2) is 5.83 Å². The van der Waals surface area contributed by atoms with Crippen molar-refractivity contribution >= 4 is 11.9 Å². The van der Waals surface area contributed by atoms with E-state index >= 15 is 0 Å². The molecule has 0 atom stereocenters. The van der Waals surface area contributed by atoms with Crippen LogP contribution in [0.3, 0.4) is 0 Å². The number of hydrogen-bond donors (Lipinski definition) is 1. The summed E-state index contributed by atoms with van der Waals surface area (Å²) in [6.45, 7) is -0.259. The summed E-state index contributed by atoms with van der Waals surface area (Å²) in [7, 11) is 0. The molecule has 0 aliphatic rings. The molecule has 0 heterocycles. The maximum Gasteiger partial charge on any atom is 0.301 e. The summed E-state index contributed by atoms with van der Waals surface area (Å²) in [6.07, 6.45) is -1.91. The molecule has 8 heteroatoms. The Balaban J connectivity index is 2.74. The van der Waals surface area contributed by atoms with Crippen molar-refractivity contribution in [2.45, 2.75) is 6.42 Å². The van der Waals surface area contributed by atoms with Crippen molar-refractivity contribution in [3.8, 4) is 5.75 Å². The smallest absolute Gasteiger partial charge is 0.301 e. The highest BCUT2D eigenvalue weighted by molar-refractivity contribution is 5.84. The van der Waals surface area contributed by atoms with E-state index in [0.717, 1.165) is 24.4 Å². The number of nitro groups is 1. The molecule has 0 fully saturated rings. The summed E-state index contributed by atoms with van der Waals surface area (Å²) in [5.74, 6) is -1.80. The maximum atomic E-state index is 12.4. The summed E-state index contributed by atoms with van der Waals surface area (Å²) < 4.78 is 35.9. The molecule has 0 bridgehead atoms. The quantitative estimate of drug-likeness (QED) is 0.509. The minimum atomic E-state index is -2.40. The fourth-order valence-corrected chi connectivity index (χ4v) is 1.18. The van der Waals surface area contributed by atoms with Crippen LogP contribution < -0.4 is 0 Å². The molecular formula is C11H9F3N2O3. The maximum absolute atomic E-state index is 12.4. The van der Waals surface area contributed by atoms with E-state index in [2.05, 4.69) is 4.99 Å². The second kappa shape index (κ2) is 6.53. The Morgan fingerprint density at radius 1 is 1.42 bits per heavy atom. The number of phenols is 1. The van der Waals surface area contributed by atoms with Gasteiger partial charge in [-0.05, 0) is 6.07 Å². The van der Waals surface area contributed by atoms with Gasteiger partial charge in [-0.2, -0.15) is 8.78 Å². The van der Waals surface area contributed by atoms with E-state index in [-0.39, 0.29) is 23.5 Å². The lowest BCUT2D eigenvalue weighted by molar-refractivity contribution is -0.384. The van der Waals surface area contributed by atoms with Crippen molar-refractivity contribution in [1.29, 1.82) is 0 Å². The number of non-ortho nitro benzene ring substituents is 1. The second-order valence-corrected chi connectivity index (χ2v) is 3.45. The van der Waals surface area contributed by atoms with Crippen molar-refractivity contribution in [2.75, 3.05) is 6.54 Å². The van der Waals surface area contributed by atoms with E-state index in [1.165, 1.54) is 0 Å². The number of hydrogen-bond acceptors (Lipinski definition) is 4. The third kappa shape index (κ3) is 4.41. The van der Waals surface area contributed by atoms with E-state index in [0.29, 0.717) is 0 Å². The monoisotopic (exact) mass is 274 g/mol. The molecule has 5 nitrogen and oxygen atoms in total. The predicted molar refractivity (Wildman–Crippen MR) is 62.2 cm³/mol. The molecule has 102 valence electrons. The van der Waals surface area contributed by atoms with Crippen molar-refractivity contribution < 1.29 is 23.2 Å². The molecule has 0 radical (unpaired) electrons. The van der Waals surface area contributed by atoms with Gasteiger partial charge in [-0.1, -0.05) is 0 Å². The molecule has 1 N–H and O–H groups in total. The van der Waals surface area contributed by atoms with Crippen LogP contribution in [0.1, 0.15) is 12.0 Å². The van der Waals surface area contributed by atoms with Crippen LogP contribution in [0.5, 0.6) is 5.75 Å². The average Bonchev–Trinajstić information content (AvgIpc) is 2.35. The van der Waals surface area contributed by atoms with Crippen LogP contribution >= 0.6 is 0 Å². The number of phenolic OH excluding ortho intramolecular Hbond substituents is 1. The van der Waals surface area contributed by atoms with Gasteiger partial charge in [-0.25, -0.2) is 4.39 Å². The Morgan fingerprint density at radius 2 is 2.11 bits per heavy atom. The lowest BCUT2D eigenvalue weighted by Gasteiger charge is -1.98. The molecule has 0 aromatic heterocycles. The summed E-state index contributed by atoms with van der Waals surface area (Å²) >= 11 is 0. The fraction of sp³-hybridized carbons (Fsp3) is 0.182. The molecule has 0 spiro atoms. The largest absolute Gasteiger partial charge is 0.507 e. The van der Waals surface area contributed by atoms with Gasteiger partial charge in [0.1, 0.15) is 5.75 Å². The number of nitrogens with zero attached hydrogens (tertiary/aromatic N) is 2. The Morgan fingerprint density at radius 3 is 2.68 bits per heavy atom. The highest BCUT2D eigenvalue weighted by Crippen LogP contribution is 2.21. The first-order chi connectivity index (χ1) is 8.91. The fourth-order valence-electron chi connectivity index (χ4n) is 1.18. The lowest BCUT2D eigenvalue weighted by atomic mass is 10.2. The normalized spacial score (nSPS) is 10.7. The molecular weight excluding hydrogens is 265 g/mol. The molecule has 0 aliphatic heterocycles. The Kier molecular flexibility index (Phi) is 5.04. The van der Waals surface area contributed by atoms with E-state index < -0.39 is 23.3 Å². The minimum Gasteiger partial charge on any atom is -0.507 e. The second-order valence-electron chi connectivity index (χ2n) is 3.45. The first-order valence-corrected chi connectivity index (χ1v) is 5.08. The molecule has 0 amide bonds. The summed E-state index contributed by atoms with van der Waals surface area (Å²) in [4.78, 5) is 13.5. The number of benzene rings is 1. The Labute approximate surface area is 105 Å². The van der Waals surface area contributed by atoms with Crippen molar-refractivity contribution in [2.24, 2.45) is 4.99 Å². The summed E-state index contributed by atoms with van der Waals surface area (Å²) in [6, 6.07) is 3.29. The highest BCUT2D eigenvalue weighted by Gasteiger charge is 2.08. The number of halogens is 3. The van der Waals surface area contributed by atoms with Crippen LogP contribution in [-0.4, -0.2) is 22.8 Å². The summed E-state index contributed by atoms with van der Waals surface area (Å²) in [5, 5.41) is 19.9. The van der Waals surface area contributed by atoms with Crippen molar-refractivity contribution in [3.05, 3.63) is 45.8 Å². The number of nitro benzene ring substituents is 1. The molecule has 19 heavy (non-hydrogen) atoms. The average molecular weight is 274 g/mol. The van der Waals surface area contributed by atoms with E-state index in [4.69, 9.17) is 0 Å². The Bertz CT molecular complexity index is 540. The molecule has 0 aliphatic carbocycles. The van der Waals surface area contributed by atoms with E-state index in [1.54, 1.807) is 0 Å². The Hall–Kier alpha value is -2.38. The van der Waals surface area contributed by atoms with Gasteiger partial charge in [0, 0.05) is 36.9 Å². The van der Waals surface area contributed by atoms with Gasteiger partial charge in [-0.15, -0.1) is 0 Å². The van der Waals surface area contributed by atoms with Gasteiger partial charge in [-0.3, -0.25) is 15.1 Å². The zero-order valence-electron chi connectivity index (χ0n) is 9.52. The number of aliphatic imine (C=N–C) groups is 1. The third-order valence-electron chi connectivity index (χ3n) is 2.12. The predicted octanol–water partition coefficient (Wildman–Crippen LogP) is 3.19. The molecule has 0 saturated carbocycles. The zero-order valence-corrected chi connectivity index (χ0v) is 9.52. The lowest BCUT2D eigenvalue weighted by Crippen LogP contribution is -1.91. The first kappa shape index (κ1) is 14.7. The zero-order chi connectivity index (χ0) is 14.4. The van der Waals surface area contributed by atoms with Crippen LogP contribution in [-0.2, 0) is 0 Å². The van der Waals surface area contributed by atoms with Crippen LogP contribution in [0.4, 0.5) is 18.9 Å². The van der Waals surface area contributed by atoms with Crippen LogP contribution in [0, 0.1) is 10.1 Å². The van der Waals surface area contributed by atoms with Crippen LogP contribution in [0.15, 0.2) is 35.1 Å². The van der Waals surface area contributed by atoms with Crippen molar-refractivity contribution in [1.82, 2.24) is 0 Å². The van der Waals surface area contributed by atoms with Crippen LogP contribution in [0.2, 0.25) is 0 Å². The van der Waals surface area contributed by atoms with Crippen molar-refractivity contribution in [3.63, 3.8) is 0 Å². The SMILES string of the molecule is O=[N+]([O-])c1ccc(O)c(/C=N/CCC(F)=C(F)F)c1. The van der Waals surface area contributed by atoms with Gasteiger partial charge in [0.2, 0.25) is 0 Å². The summed E-state index contributed by atoms with van der Waals surface area (Å²) in [5.41, 5.74) is -0.195. The molecule has 0 saturated heterocycles. The molecule has 1 aromatic carbocycles. The standard InChI is InChI=1S/C11H9F3N2O3/c12-9(11(13)14)3-4-15-6-7-5-8(16(18)19)1-2-10(7)17/h1-2,5-6,17H,3-4H2/b15-6+. The van der Waals surface area contributed by atoms with Gasteiger partial charge < -0.3 is 5.11 Å². The molecule has 0 unspecified atom stereocenters. The molecule has 1 rings (SSSR count). The van der Waals surface area contributed by atoms with Gasteiger partial charge >= 0.3 is 6.08 Å². The topological polar surface area (TPSA) is 75.7 Å². The minimum absolute atomic E-state index is 0.0549. The van der Waals surface area contributed by atoms with Crippen LogP contribution in [0.25, 0.3) is 0 Å². The van der Waals surface area contributed by atoms with Gasteiger partial charge in [0.25, 0.3) is 5.69 Å².